The summed E-state index contributed by atoms with van der Waals surface area (Å²) < 4.78 is 0. The van der Waals surface area contributed by atoms with Gasteiger partial charge in [-0.3, -0.25) is 0 Å². The first-order chi connectivity index (χ1) is 9.25. The van der Waals surface area contributed by atoms with Gasteiger partial charge in [0.25, 0.3) is 0 Å². The number of H-pyrrole nitrogens is 1. The number of halogens is 2. The molecule has 0 atom stereocenters. The van der Waals surface area contributed by atoms with Crippen LogP contribution in [0.4, 0.5) is 5.82 Å². The number of imidazole rings is 1. The number of anilines is 1. The SMILES string of the molecule is Clc1cccc(CNc2ncnc3nc[nH]c23)c1Cl. The van der Waals surface area contributed by atoms with Crippen molar-refractivity contribution in [3.63, 3.8) is 0 Å². The van der Waals surface area contributed by atoms with E-state index in [0.29, 0.717) is 28.1 Å². The lowest BCUT2D eigenvalue weighted by molar-refractivity contribution is 1.10. The maximum absolute atomic E-state index is 6.13. The fourth-order valence-corrected chi connectivity index (χ4v) is 2.15. The highest BCUT2D eigenvalue weighted by atomic mass is 35.5. The third-order valence-corrected chi connectivity index (χ3v) is 3.56. The Kier molecular flexibility index (Phi) is 3.23. The number of aromatic nitrogens is 4. The Morgan fingerprint density at radius 3 is 2.95 bits per heavy atom. The standard InChI is InChI=1S/C12H9Cl2N5/c13-8-3-1-2-7(9(8)14)4-15-11-10-12(17-5-16-10)19-6-18-11/h1-3,5-6H,4H2,(H2,15,16,17,18,19). The number of rotatable bonds is 3. The number of fused-ring (bicyclic) bond motifs is 1. The Bertz CT molecular complexity index is 725. The van der Waals surface area contributed by atoms with Crippen molar-refractivity contribution in [2.45, 2.75) is 6.54 Å². The zero-order valence-corrected chi connectivity index (χ0v) is 11.2. The van der Waals surface area contributed by atoms with Gasteiger partial charge < -0.3 is 10.3 Å². The number of benzene rings is 1. The molecule has 0 aliphatic heterocycles. The Balaban J connectivity index is 1.86. The highest BCUT2D eigenvalue weighted by molar-refractivity contribution is 6.42. The summed E-state index contributed by atoms with van der Waals surface area (Å²) in [5.74, 6) is 0.679. The monoisotopic (exact) mass is 293 g/mol. The van der Waals surface area contributed by atoms with E-state index >= 15 is 0 Å². The van der Waals surface area contributed by atoms with Gasteiger partial charge in [0.15, 0.2) is 11.5 Å². The number of aromatic amines is 1. The summed E-state index contributed by atoms with van der Waals surface area (Å²) in [6.07, 6.45) is 3.04. The van der Waals surface area contributed by atoms with E-state index in [9.17, 15) is 0 Å². The van der Waals surface area contributed by atoms with Crippen LogP contribution in [0.25, 0.3) is 11.2 Å². The highest BCUT2D eigenvalue weighted by Crippen LogP contribution is 2.26. The second-order valence-electron chi connectivity index (χ2n) is 3.89. The normalized spacial score (nSPS) is 10.8. The molecule has 0 radical (unpaired) electrons. The van der Waals surface area contributed by atoms with E-state index in [1.54, 1.807) is 12.4 Å². The molecule has 0 amide bonds. The van der Waals surface area contributed by atoms with Crippen LogP contribution in [-0.2, 0) is 6.54 Å². The van der Waals surface area contributed by atoms with Gasteiger partial charge in [-0.1, -0.05) is 35.3 Å². The van der Waals surface area contributed by atoms with Crippen LogP contribution in [0.2, 0.25) is 10.0 Å². The van der Waals surface area contributed by atoms with E-state index in [1.165, 1.54) is 6.33 Å². The molecule has 3 rings (SSSR count). The third kappa shape index (κ3) is 2.34. The van der Waals surface area contributed by atoms with Crippen LogP contribution in [0.15, 0.2) is 30.9 Å². The van der Waals surface area contributed by atoms with Gasteiger partial charge in [0.1, 0.15) is 11.8 Å². The van der Waals surface area contributed by atoms with Gasteiger partial charge in [0.05, 0.1) is 16.4 Å². The lowest BCUT2D eigenvalue weighted by Gasteiger charge is -2.08. The Hall–Kier alpha value is -1.85. The van der Waals surface area contributed by atoms with Crippen LogP contribution in [0, 0.1) is 0 Å². The molecule has 2 heterocycles. The van der Waals surface area contributed by atoms with Crippen LogP contribution in [0.1, 0.15) is 5.56 Å². The molecule has 2 aromatic heterocycles. The molecule has 0 fully saturated rings. The minimum Gasteiger partial charge on any atom is -0.364 e. The maximum atomic E-state index is 6.13. The van der Waals surface area contributed by atoms with E-state index < -0.39 is 0 Å². The largest absolute Gasteiger partial charge is 0.364 e. The fourth-order valence-electron chi connectivity index (χ4n) is 1.76. The summed E-state index contributed by atoms with van der Waals surface area (Å²) in [6.45, 7) is 0.518. The van der Waals surface area contributed by atoms with Gasteiger partial charge in [-0.05, 0) is 11.6 Å². The minimum absolute atomic E-state index is 0.518. The number of nitrogens with one attached hydrogen (secondary N) is 2. The van der Waals surface area contributed by atoms with Crippen LogP contribution < -0.4 is 5.32 Å². The molecular weight excluding hydrogens is 285 g/mol. The van der Waals surface area contributed by atoms with Crippen molar-refractivity contribution in [1.82, 2.24) is 19.9 Å². The van der Waals surface area contributed by atoms with Gasteiger partial charge in [0, 0.05) is 6.54 Å². The predicted molar refractivity (Wildman–Crippen MR) is 75.5 cm³/mol. The lowest BCUT2D eigenvalue weighted by atomic mass is 10.2. The molecule has 19 heavy (non-hydrogen) atoms. The van der Waals surface area contributed by atoms with E-state index in [4.69, 9.17) is 23.2 Å². The summed E-state index contributed by atoms with van der Waals surface area (Å²) in [6, 6.07) is 5.52. The van der Waals surface area contributed by atoms with Gasteiger partial charge in [-0.15, -0.1) is 0 Å². The van der Waals surface area contributed by atoms with Crippen molar-refractivity contribution in [1.29, 1.82) is 0 Å². The molecule has 1 aromatic carbocycles. The van der Waals surface area contributed by atoms with E-state index in [1.807, 2.05) is 12.1 Å². The topological polar surface area (TPSA) is 66.5 Å². The third-order valence-electron chi connectivity index (χ3n) is 2.70. The number of hydrogen-bond acceptors (Lipinski definition) is 4. The smallest absolute Gasteiger partial charge is 0.182 e. The van der Waals surface area contributed by atoms with Crippen molar-refractivity contribution < 1.29 is 0 Å². The fraction of sp³-hybridized carbons (Fsp3) is 0.0833. The maximum Gasteiger partial charge on any atom is 0.182 e. The molecule has 7 heteroatoms. The van der Waals surface area contributed by atoms with E-state index in [2.05, 4.69) is 25.3 Å². The van der Waals surface area contributed by atoms with Crippen LogP contribution in [-0.4, -0.2) is 19.9 Å². The van der Waals surface area contributed by atoms with Crippen molar-refractivity contribution in [2.75, 3.05) is 5.32 Å². The molecule has 2 N–H and O–H groups in total. The first kappa shape index (κ1) is 12.2. The second-order valence-corrected chi connectivity index (χ2v) is 4.68. The molecule has 96 valence electrons. The lowest BCUT2D eigenvalue weighted by Crippen LogP contribution is -2.03. The number of nitrogens with zero attached hydrogens (tertiary/aromatic N) is 3. The molecule has 0 aliphatic carbocycles. The molecule has 0 bridgehead atoms. The average Bonchev–Trinajstić information content (AvgIpc) is 2.89. The van der Waals surface area contributed by atoms with E-state index in [-0.39, 0.29) is 0 Å². The van der Waals surface area contributed by atoms with Crippen LogP contribution in [0.3, 0.4) is 0 Å². The molecular formula is C12H9Cl2N5. The predicted octanol–water partition coefficient (Wildman–Crippen LogP) is 3.27. The highest BCUT2D eigenvalue weighted by Gasteiger charge is 2.07. The number of hydrogen-bond donors (Lipinski definition) is 2. The van der Waals surface area contributed by atoms with Crippen molar-refractivity contribution in [2.24, 2.45) is 0 Å². The van der Waals surface area contributed by atoms with E-state index in [0.717, 1.165) is 11.1 Å². The summed E-state index contributed by atoms with van der Waals surface area (Å²) in [7, 11) is 0. The average molecular weight is 294 g/mol. The summed E-state index contributed by atoms with van der Waals surface area (Å²) >= 11 is 12.1. The van der Waals surface area contributed by atoms with Crippen molar-refractivity contribution in [3.8, 4) is 0 Å². The molecule has 3 aromatic rings. The van der Waals surface area contributed by atoms with Gasteiger partial charge in [-0.25, -0.2) is 15.0 Å². The molecule has 0 saturated carbocycles. The van der Waals surface area contributed by atoms with Crippen LogP contribution >= 0.6 is 23.2 Å². The second kappa shape index (κ2) is 5.03. The molecule has 0 spiro atoms. The molecule has 0 unspecified atom stereocenters. The van der Waals surface area contributed by atoms with Crippen molar-refractivity contribution >= 4 is 40.2 Å². The summed E-state index contributed by atoms with van der Waals surface area (Å²) in [5.41, 5.74) is 2.29. The first-order valence-electron chi connectivity index (χ1n) is 5.56. The molecule has 0 aliphatic rings. The van der Waals surface area contributed by atoms with Gasteiger partial charge in [-0.2, -0.15) is 0 Å². The van der Waals surface area contributed by atoms with Gasteiger partial charge in [0.2, 0.25) is 0 Å². The Morgan fingerprint density at radius 1 is 1.16 bits per heavy atom. The molecule has 5 nitrogen and oxygen atoms in total. The van der Waals surface area contributed by atoms with Gasteiger partial charge >= 0.3 is 0 Å². The summed E-state index contributed by atoms with van der Waals surface area (Å²) in [4.78, 5) is 15.3. The minimum atomic E-state index is 0.518. The zero-order chi connectivity index (χ0) is 13.2. The Labute approximate surface area is 119 Å². The first-order valence-corrected chi connectivity index (χ1v) is 6.32. The molecule has 0 saturated heterocycles. The zero-order valence-electron chi connectivity index (χ0n) is 9.69. The quantitative estimate of drug-likeness (QED) is 0.778. The summed E-state index contributed by atoms with van der Waals surface area (Å²) in [5, 5.41) is 4.28. The van der Waals surface area contributed by atoms with Crippen LogP contribution in [0.5, 0.6) is 0 Å². The Morgan fingerprint density at radius 2 is 2.05 bits per heavy atom. The van der Waals surface area contributed by atoms with Crippen molar-refractivity contribution in [3.05, 3.63) is 46.5 Å².